The van der Waals surface area contributed by atoms with Gasteiger partial charge in [-0.1, -0.05) is 0 Å². The van der Waals surface area contributed by atoms with Crippen LogP contribution in [-0.2, 0) is 0 Å². The largest absolute Gasteiger partial charge is 0.422 e. The van der Waals surface area contributed by atoms with E-state index in [2.05, 4.69) is 31.5 Å². The summed E-state index contributed by atoms with van der Waals surface area (Å²) in [5, 5.41) is 10.9. The number of thiophene rings is 1. The number of carbonyl (C=O) groups is 1. The van der Waals surface area contributed by atoms with Crippen LogP contribution in [0.3, 0.4) is 0 Å². The molecule has 0 bridgehead atoms. The van der Waals surface area contributed by atoms with Gasteiger partial charge in [0.1, 0.15) is 17.0 Å². The quantitative estimate of drug-likeness (QED) is 0.536. The van der Waals surface area contributed by atoms with E-state index < -0.39 is 0 Å². The predicted molar refractivity (Wildman–Crippen MR) is 76.1 cm³/mol. The summed E-state index contributed by atoms with van der Waals surface area (Å²) in [7, 11) is 0. The third kappa shape index (κ3) is 2.75. The van der Waals surface area contributed by atoms with E-state index in [0.717, 1.165) is 9.47 Å². The van der Waals surface area contributed by atoms with Crippen molar-refractivity contribution in [2.45, 2.75) is 0 Å². The Balaban J connectivity index is 1.74. The van der Waals surface area contributed by atoms with E-state index in [0.29, 0.717) is 10.6 Å². The molecule has 0 N–H and O–H groups in total. The summed E-state index contributed by atoms with van der Waals surface area (Å²) in [5.41, 5.74) is 0.786. The fourth-order valence-electron chi connectivity index (χ4n) is 1.53. The van der Waals surface area contributed by atoms with Crippen LogP contribution in [-0.4, -0.2) is 26.2 Å². The average molecular weight is 351 g/mol. The van der Waals surface area contributed by atoms with Gasteiger partial charge in [-0.2, -0.15) is 0 Å². The number of tetrazole rings is 1. The monoisotopic (exact) mass is 350 g/mol. The van der Waals surface area contributed by atoms with Crippen molar-refractivity contribution in [1.29, 1.82) is 0 Å². The zero-order chi connectivity index (χ0) is 13.9. The lowest BCUT2D eigenvalue weighted by atomic mass is 10.3. The maximum atomic E-state index is 11.9. The molecule has 3 rings (SSSR count). The third-order valence-corrected chi connectivity index (χ3v) is 4.04. The molecule has 8 heteroatoms. The minimum atomic E-state index is -0.379. The maximum absolute atomic E-state index is 11.9. The van der Waals surface area contributed by atoms with Crippen LogP contribution in [0.15, 0.2) is 46.5 Å². The molecule has 0 radical (unpaired) electrons. The zero-order valence-electron chi connectivity index (χ0n) is 9.93. The number of aromatic nitrogens is 4. The summed E-state index contributed by atoms with van der Waals surface area (Å²) in [6.45, 7) is 0. The number of nitrogens with zero attached hydrogens (tertiary/aromatic N) is 4. The van der Waals surface area contributed by atoms with Crippen LogP contribution in [0, 0.1) is 0 Å². The van der Waals surface area contributed by atoms with Crippen LogP contribution in [0.5, 0.6) is 5.75 Å². The summed E-state index contributed by atoms with van der Waals surface area (Å²) < 4.78 is 7.68. The Morgan fingerprint density at radius 2 is 2.00 bits per heavy atom. The fourth-order valence-corrected chi connectivity index (χ4v) is 2.79. The van der Waals surface area contributed by atoms with E-state index in [1.807, 2.05) is 6.07 Å². The average Bonchev–Trinajstić information content (AvgIpc) is 3.10. The SMILES string of the molecule is O=C(Oc1ccc(-n2cnnn2)cc1)c1ccc(Br)s1. The van der Waals surface area contributed by atoms with Gasteiger partial charge < -0.3 is 4.74 Å². The van der Waals surface area contributed by atoms with E-state index in [1.54, 1.807) is 30.3 Å². The molecule has 0 aliphatic heterocycles. The molecule has 2 aromatic heterocycles. The second-order valence-electron chi connectivity index (χ2n) is 3.74. The summed E-state index contributed by atoms with van der Waals surface area (Å²) in [4.78, 5) is 12.4. The van der Waals surface area contributed by atoms with Crippen molar-refractivity contribution in [3.8, 4) is 11.4 Å². The molecular weight excluding hydrogens is 344 g/mol. The smallest absolute Gasteiger partial charge is 0.353 e. The van der Waals surface area contributed by atoms with Crippen LogP contribution in [0.1, 0.15) is 9.67 Å². The number of hydrogen-bond acceptors (Lipinski definition) is 6. The van der Waals surface area contributed by atoms with Gasteiger partial charge in [-0.25, -0.2) is 9.48 Å². The molecular formula is C12H7BrN4O2S. The molecule has 3 aromatic rings. The molecule has 0 aliphatic carbocycles. The van der Waals surface area contributed by atoms with Gasteiger partial charge in [0.25, 0.3) is 0 Å². The maximum Gasteiger partial charge on any atom is 0.353 e. The van der Waals surface area contributed by atoms with Crippen molar-refractivity contribution in [1.82, 2.24) is 20.2 Å². The minimum Gasteiger partial charge on any atom is -0.422 e. The number of hydrogen-bond donors (Lipinski definition) is 0. The first-order valence-corrected chi connectivity index (χ1v) is 7.14. The van der Waals surface area contributed by atoms with Gasteiger partial charge in [0, 0.05) is 0 Å². The molecule has 6 nitrogen and oxygen atoms in total. The van der Waals surface area contributed by atoms with Gasteiger partial charge >= 0.3 is 5.97 Å². The number of rotatable bonds is 3. The third-order valence-electron chi connectivity index (χ3n) is 2.44. The molecule has 0 fully saturated rings. The first-order valence-electron chi connectivity index (χ1n) is 5.53. The molecule has 0 saturated carbocycles. The van der Waals surface area contributed by atoms with Crippen LogP contribution in [0.4, 0.5) is 0 Å². The number of esters is 1. The highest BCUT2D eigenvalue weighted by Gasteiger charge is 2.11. The number of carbonyl (C=O) groups excluding carboxylic acids is 1. The molecule has 0 amide bonds. The van der Waals surface area contributed by atoms with Gasteiger partial charge in [0.2, 0.25) is 0 Å². The molecule has 2 heterocycles. The zero-order valence-corrected chi connectivity index (χ0v) is 12.3. The van der Waals surface area contributed by atoms with E-state index in [4.69, 9.17) is 4.74 Å². The van der Waals surface area contributed by atoms with E-state index in [9.17, 15) is 4.79 Å². The Kier molecular flexibility index (Phi) is 3.57. The molecule has 0 saturated heterocycles. The van der Waals surface area contributed by atoms with Crippen LogP contribution >= 0.6 is 27.3 Å². The van der Waals surface area contributed by atoms with Crippen molar-refractivity contribution in [3.63, 3.8) is 0 Å². The predicted octanol–water partition coefficient (Wildman–Crippen LogP) is 2.71. The molecule has 0 atom stereocenters. The van der Waals surface area contributed by atoms with E-state index in [1.165, 1.54) is 22.3 Å². The second kappa shape index (κ2) is 5.51. The Morgan fingerprint density at radius 3 is 2.60 bits per heavy atom. The lowest BCUT2D eigenvalue weighted by molar-refractivity contribution is 0.0740. The standard InChI is InChI=1S/C12H7BrN4O2S/c13-11-6-5-10(20-11)12(18)19-9-3-1-8(2-4-9)17-7-14-15-16-17/h1-7H. The van der Waals surface area contributed by atoms with Crippen LogP contribution in [0.25, 0.3) is 5.69 Å². The topological polar surface area (TPSA) is 69.9 Å². The van der Waals surface area contributed by atoms with Gasteiger partial charge in [-0.3, -0.25) is 0 Å². The lowest BCUT2D eigenvalue weighted by Gasteiger charge is -2.04. The van der Waals surface area contributed by atoms with Crippen molar-refractivity contribution < 1.29 is 9.53 Å². The Bertz CT molecular complexity index is 724. The fraction of sp³-hybridized carbons (Fsp3) is 0. The summed E-state index contributed by atoms with van der Waals surface area (Å²) in [5.74, 6) is 0.0900. The lowest BCUT2D eigenvalue weighted by Crippen LogP contribution is -2.06. The molecule has 1 aromatic carbocycles. The number of halogens is 1. The number of benzene rings is 1. The van der Waals surface area contributed by atoms with Crippen LogP contribution < -0.4 is 4.74 Å². The van der Waals surface area contributed by atoms with Gasteiger partial charge in [-0.05, 0) is 62.8 Å². The summed E-state index contributed by atoms with van der Waals surface area (Å²) in [6.07, 6.45) is 1.49. The molecule has 20 heavy (non-hydrogen) atoms. The summed E-state index contributed by atoms with van der Waals surface area (Å²) >= 11 is 4.63. The molecule has 0 unspecified atom stereocenters. The van der Waals surface area contributed by atoms with Crippen LogP contribution in [0.2, 0.25) is 0 Å². The Labute approximate surface area is 126 Å². The van der Waals surface area contributed by atoms with E-state index >= 15 is 0 Å². The first-order chi connectivity index (χ1) is 9.72. The van der Waals surface area contributed by atoms with Crippen molar-refractivity contribution in [3.05, 3.63) is 51.4 Å². The first kappa shape index (κ1) is 12.9. The van der Waals surface area contributed by atoms with Gasteiger partial charge in [0.15, 0.2) is 0 Å². The highest BCUT2D eigenvalue weighted by Crippen LogP contribution is 2.24. The van der Waals surface area contributed by atoms with Crippen molar-refractivity contribution in [2.75, 3.05) is 0 Å². The number of ether oxygens (including phenoxy) is 1. The molecule has 0 spiro atoms. The van der Waals surface area contributed by atoms with Crippen molar-refractivity contribution >= 4 is 33.2 Å². The van der Waals surface area contributed by atoms with Gasteiger partial charge in [-0.15, -0.1) is 16.4 Å². The molecule has 100 valence electrons. The van der Waals surface area contributed by atoms with Crippen molar-refractivity contribution in [2.24, 2.45) is 0 Å². The second-order valence-corrected chi connectivity index (χ2v) is 6.20. The Morgan fingerprint density at radius 1 is 1.20 bits per heavy atom. The molecule has 0 aliphatic rings. The highest BCUT2D eigenvalue weighted by atomic mass is 79.9. The van der Waals surface area contributed by atoms with E-state index in [-0.39, 0.29) is 5.97 Å². The normalized spacial score (nSPS) is 10.4. The highest BCUT2D eigenvalue weighted by molar-refractivity contribution is 9.11. The van der Waals surface area contributed by atoms with Gasteiger partial charge in [0.05, 0.1) is 9.47 Å². The summed E-state index contributed by atoms with van der Waals surface area (Å²) in [6, 6.07) is 10.4. The Hall–Kier alpha value is -2.06. The minimum absolute atomic E-state index is 0.379.